The van der Waals surface area contributed by atoms with Crippen molar-refractivity contribution >= 4 is 11.7 Å². The maximum absolute atomic E-state index is 12.4. The van der Waals surface area contributed by atoms with Crippen LogP contribution in [0.2, 0.25) is 0 Å². The number of carbonyl (C=O) groups is 1. The van der Waals surface area contributed by atoms with E-state index in [1.54, 1.807) is 6.33 Å². The molecule has 0 radical (unpaired) electrons. The van der Waals surface area contributed by atoms with Crippen LogP contribution < -0.4 is 10.6 Å². The number of hydrogen-bond acceptors (Lipinski definition) is 5. The summed E-state index contributed by atoms with van der Waals surface area (Å²) in [5.41, 5.74) is 3.64. The van der Waals surface area contributed by atoms with E-state index in [0.29, 0.717) is 24.5 Å². The Bertz CT molecular complexity index is 1130. The van der Waals surface area contributed by atoms with Gasteiger partial charge in [-0.2, -0.15) is 0 Å². The molecule has 3 aromatic heterocycles. The van der Waals surface area contributed by atoms with Gasteiger partial charge in [0.25, 0.3) is 5.91 Å². The fourth-order valence-electron chi connectivity index (χ4n) is 3.07. The summed E-state index contributed by atoms with van der Waals surface area (Å²) < 4.78 is 3.91. The third-order valence-electron chi connectivity index (χ3n) is 4.90. The largest absolute Gasteiger partial charge is 0.368 e. The van der Waals surface area contributed by atoms with Crippen molar-refractivity contribution in [2.24, 2.45) is 0 Å². The Hall–Kier alpha value is -3.94. The number of amides is 1. The Morgan fingerprint density at radius 3 is 2.47 bits per heavy atom. The maximum atomic E-state index is 12.4. The number of anilines is 1. The van der Waals surface area contributed by atoms with Crippen LogP contribution >= 0.6 is 0 Å². The first-order chi connectivity index (χ1) is 14.6. The van der Waals surface area contributed by atoms with Gasteiger partial charge in [-0.1, -0.05) is 0 Å². The van der Waals surface area contributed by atoms with Gasteiger partial charge in [-0.05, 0) is 50.2 Å². The third kappa shape index (κ3) is 4.22. The molecule has 0 aliphatic carbocycles. The van der Waals surface area contributed by atoms with Gasteiger partial charge in [0.15, 0.2) is 0 Å². The van der Waals surface area contributed by atoms with Crippen molar-refractivity contribution in [3.05, 3.63) is 84.5 Å². The molecule has 8 heteroatoms. The molecule has 0 saturated carbocycles. The molecule has 0 fully saturated rings. The quantitative estimate of drug-likeness (QED) is 0.465. The van der Waals surface area contributed by atoms with Crippen molar-refractivity contribution in [2.75, 3.05) is 18.4 Å². The number of benzene rings is 1. The molecule has 1 amide bonds. The van der Waals surface area contributed by atoms with Gasteiger partial charge in [-0.3, -0.25) is 9.36 Å². The molecule has 4 rings (SSSR count). The predicted octanol–water partition coefficient (Wildman–Crippen LogP) is 2.91. The molecule has 3 heterocycles. The van der Waals surface area contributed by atoms with Crippen LogP contribution in [-0.2, 0) is 0 Å². The van der Waals surface area contributed by atoms with Gasteiger partial charge in [0.05, 0.1) is 5.69 Å². The Kier molecular flexibility index (Phi) is 5.56. The summed E-state index contributed by atoms with van der Waals surface area (Å²) in [5.74, 6) is 1.33. The molecule has 0 unspecified atom stereocenters. The van der Waals surface area contributed by atoms with Gasteiger partial charge in [-0.15, -0.1) is 0 Å². The fourth-order valence-corrected chi connectivity index (χ4v) is 3.07. The number of rotatable bonds is 7. The summed E-state index contributed by atoms with van der Waals surface area (Å²) in [5, 5.41) is 6.13. The monoisotopic (exact) mass is 401 g/mol. The summed E-state index contributed by atoms with van der Waals surface area (Å²) in [6.07, 6.45) is 7.19. The minimum atomic E-state index is -0.108. The topological polar surface area (TPSA) is 89.7 Å². The Morgan fingerprint density at radius 2 is 1.77 bits per heavy atom. The van der Waals surface area contributed by atoms with Gasteiger partial charge >= 0.3 is 0 Å². The van der Waals surface area contributed by atoms with Gasteiger partial charge < -0.3 is 15.2 Å². The molecule has 0 bridgehead atoms. The average molecular weight is 401 g/mol. The molecular weight excluding hydrogens is 378 g/mol. The molecule has 0 atom stereocenters. The fraction of sp³-hybridized carbons (Fsp3) is 0.182. The zero-order valence-electron chi connectivity index (χ0n) is 16.9. The molecular formula is C22H23N7O. The molecule has 2 N–H and O–H groups in total. The maximum Gasteiger partial charge on any atom is 0.251 e. The highest BCUT2D eigenvalue weighted by Crippen LogP contribution is 2.13. The molecule has 1 aromatic carbocycles. The first-order valence-electron chi connectivity index (χ1n) is 9.70. The number of imidazole rings is 1. The van der Waals surface area contributed by atoms with Crippen LogP contribution in [0.15, 0.2) is 67.5 Å². The van der Waals surface area contributed by atoms with Gasteiger partial charge in [0, 0.05) is 48.5 Å². The number of aryl methyl sites for hydroxylation is 1. The molecule has 8 nitrogen and oxygen atoms in total. The van der Waals surface area contributed by atoms with E-state index >= 15 is 0 Å². The minimum Gasteiger partial charge on any atom is -0.368 e. The molecule has 4 aromatic rings. The Balaban J connectivity index is 1.29. The molecule has 30 heavy (non-hydrogen) atoms. The van der Waals surface area contributed by atoms with E-state index in [2.05, 4.69) is 25.6 Å². The van der Waals surface area contributed by atoms with Crippen molar-refractivity contribution in [3.63, 3.8) is 0 Å². The van der Waals surface area contributed by atoms with Crippen LogP contribution in [0.4, 0.5) is 5.82 Å². The van der Waals surface area contributed by atoms with Crippen LogP contribution in [0.1, 0.15) is 21.7 Å². The van der Waals surface area contributed by atoms with Crippen LogP contribution in [-0.4, -0.2) is 43.1 Å². The van der Waals surface area contributed by atoms with E-state index in [0.717, 1.165) is 22.9 Å². The average Bonchev–Trinajstić information content (AvgIpc) is 3.42. The molecule has 0 spiro atoms. The van der Waals surface area contributed by atoms with Gasteiger partial charge in [0.1, 0.15) is 24.3 Å². The molecule has 0 aliphatic heterocycles. The number of aromatic nitrogens is 5. The van der Waals surface area contributed by atoms with E-state index in [1.165, 1.54) is 6.33 Å². The smallest absolute Gasteiger partial charge is 0.251 e. The molecule has 0 saturated heterocycles. The lowest BCUT2D eigenvalue weighted by atomic mass is 10.2. The summed E-state index contributed by atoms with van der Waals surface area (Å²) in [7, 11) is 0. The zero-order chi connectivity index (χ0) is 20.9. The standard InChI is InChI=1S/C22H23N7O/c1-16-17(2)29(15-27-16)21-13-20(25-14-26-21)23-9-10-24-22(30)18-5-7-19(8-6-18)28-11-3-4-12-28/h3-8,11-15H,9-10H2,1-2H3,(H,24,30)(H,23,25,26). The SMILES string of the molecule is Cc1ncn(-c2cc(NCCNC(=O)c3ccc(-n4cccc4)cc3)ncn2)c1C. The zero-order valence-corrected chi connectivity index (χ0v) is 16.9. The first kappa shape index (κ1) is 19.4. The highest BCUT2D eigenvalue weighted by molar-refractivity contribution is 5.94. The Morgan fingerprint density at radius 1 is 1.00 bits per heavy atom. The van der Waals surface area contributed by atoms with E-state index < -0.39 is 0 Å². The third-order valence-corrected chi connectivity index (χ3v) is 4.90. The summed E-state index contributed by atoms with van der Waals surface area (Å²) in [6, 6.07) is 13.3. The highest BCUT2D eigenvalue weighted by Gasteiger charge is 2.08. The summed E-state index contributed by atoms with van der Waals surface area (Å²) >= 11 is 0. The lowest BCUT2D eigenvalue weighted by Gasteiger charge is -2.10. The van der Waals surface area contributed by atoms with E-state index in [9.17, 15) is 4.79 Å². The minimum absolute atomic E-state index is 0.108. The number of hydrogen-bond donors (Lipinski definition) is 2. The highest BCUT2D eigenvalue weighted by atomic mass is 16.1. The van der Waals surface area contributed by atoms with Crippen LogP contribution in [0.5, 0.6) is 0 Å². The second kappa shape index (κ2) is 8.60. The second-order valence-corrected chi connectivity index (χ2v) is 6.87. The van der Waals surface area contributed by atoms with Crippen molar-refractivity contribution in [1.29, 1.82) is 0 Å². The molecule has 152 valence electrons. The number of carbonyl (C=O) groups excluding carboxylic acids is 1. The van der Waals surface area contributed by atoms with Crippen LogP contribution in [0.25, 0.3) is 11.5 Å². The van der Waals surface area contributed by atoms with Gasteiger partial charge in [0.2, 0.25) is 0 Å². The lowest BCUT2D eigenvalue weighted by molar-refractivity contribution is 0.0955. The normalized spacial score (nSPS) is 10.7. The number of nitrogens with one attached hydrogen (secondary N) is 2. The van der Waals surface area contributed by atoms with Crippen molar-refractivity contribution < 1.29 is 4.79 Å². The van der Waals surface area contributed by atoms with E-state index in [4.69, 9.17) is 0 Å². The second-order valence-electron chi connectivity index (χ2n) is 6.87. The van der Waals surface area contributed by atoms with E-state index in [1.807, 2.05) is 77.8 Å². The first-order valence-corrected chi connectivity index (χ1v) is 9.70. The van der Waals surface area contributed by atoms with Crippen LogP contribution in [0.3, 0.4) is 0 Å². The van der Waals surface area contributed by atoms with Crippen molar-refractivity contribution in [3.8, 4) is 11.5 Å². The van der Waals surface area contributed by atoms with Crippen LogP contribution in [0, 0.1) is 13.8 Å². The number of nitrogens with zero attached hydrogens (tertiary/aromatic N) is 5. The van der Waals surface area contributed by atoms with Crippen molar-refractivity contribution in [1.82, 2.24) is 29.4 Å². The Labute approximate surface area is 174 Å². The van der Waals surface area contributed by atoms with E-state index in [-0.39, 0.29) is 5.91 Å². The lowest BCUT2D eigenvalue weighted by Crippen LogP contribution is -2.28. The molecule has 0 aliphatic rings. The van der Waals surface area contributed by atoms with Gasteiger partial charge in [-0.25, -0.2) is 15.0 Å². The van der Waals surface area contributed by atoms with Crippen molar-refractivity contribution in [2.45, 2.75) is 13.8 Å². The summed E-state index contributed by atoms with van der Waals surface area (Å²) in [4.78, 5) is 25.2. The predicted molar refractivity (Wildman–Crippen MR) is 115 cm³/mol. The summed E-state index contributed by atoms with van der Waals surface area (Å²) in [6.45, 7) is 4.98.